The molecule has 1 aromatic carbocycles. The molecule has 0 aliphatic carbocycles. The Balaban J connectivity index is 2.84. The lowest BCUT2D eigenvalue weighted by Crippen LogP contribution is -2.49. The first-order valence-corrected chi connectivity index (χ1v) is 8.13. The molecule has 2 amide bonds. The SMILES string of the molecule is CCCC(=O)N(Cc1ccccc1)[C@H](C)C(=O)N[C@@H](C)CC. The highest BCUT2D eigenvalue weighted by atomic mass is 16.2. The third-order valence-corrected chi connectivity index (χ3v) is 3.83. The van der Waals surface area contributed by atoms with E-state index in [1.165, 1.54) is 0 Å². The lowest BCUT2D eigenvalue weighted by atomic mass is 10.1. The van der Waals surface area contributed by atoms with Crippen molar-refractivity contribution in [3.63, 3.8) is 0 Å². The van der Waals surface area contributed by atoms with E-state index in [0.717, 1.165) is 18.4 Å². The number of benzene rings is 1. The van der Waals surface area contributed by atoms with E-state index in [1.807, 2.05) is 51.1 Å². The Labute approximate surface area is 133 Å². The van der Waals surface area contributed by atoms with Gasteiger partial charge in [-0.1, -0.05) is 44.2 Å². The lowest BCUT2D eigenvalue weighted by Gasteiger charge is -2.29. The van der Waals surface area contributed by atoms with Gasteiger partial charge < -0.3 is 10.2 Å². The Hall–Kier alpha value is -1.84. The second-order valence-electron chi connectivity index (χ2n) is 5.75. The normalized spacial score (nSPS) is 13.3. The number of carbonyl (C=O) groups excluding carboxylic acids is 2. The van der Waals surface area contributed by atoms with Crippen molar-refractivity contribution in [1.82, 2.24) is 10.2 Å². The first-order chi connectivity index (χ1) is 10.5. The number of rotatable bonds is 8. The van der Waals surface area contributed by atoms with E-state index in [4.69, 9.17) is 0 Å². The second-order valence-corrected chi connectivity index (χ2v) is 5.75. The predicted octanol–water partition coefficient (Wildman–Crippen LogP) is 3.12. The first-order valence-electron chi connectivity index (χ1n) is 8.13. The summed E-state index contributed by atoms with van der Waals surface area (Å²) in [7, 11) is 0. The van der Waals surface area contributed by atoms with Crippen molar-refractivity contribution in [2.24, 2.45) is 0 Å². The Morgan fingerprint density at radius 1 is 1.14 bits per heavy atom. The van der Waals surface area contributed by atoms with Crippen molar-refractivity contribution >= 4 is 11.8 Å². The monoisotopic (exact) mass is 304 g/mol. The molecule has 0 aliphatic heterocycles. The van der Waals surface area contributed by atoms with Crippen LogP contribution in [0.25, 0.3) is 0 Å². The second kappa shape index (κ2) is 9.23. The summed E-state index contributed by atoms with van der Waals surface area (Å²) >= 11 is 0. The van der Waals surface area contributed by atoms with Crippen LogP contribution >= 0.6 is 0 Å². The van der Waals surface area contributed by atoms with Crippen molar-refractivity contribution in [3.8, 4) is 0 Å². The van der Waals surface area contributed by atoms with E-state index in [0.29, 0.717) is 13.0 Å². The fourth-order valence-electron chi connectivity index (χ4n) is 2.19. The summed E-state index contributed by atoms with van der Waals surface area (Å²) in [4.78, 5) is 26.4. The minimum atomic E-state index is -0.465. The molecule has 1 N–H and O–H groups in total. The molecule has 2 atom stereocenters. The summed E-state index contributed by atoms with van der Waals surface area (Å²) in [5, 5.41) is 2.96. The van der Waals surface area contributed by atoms with Crippen LogP contribution in [0.2, 0.25) is 0 Å². The van der Waals surface area contributed by atoms with Crippen LogP contribution in [0, 0.1) is 0 Å². The standard InChI is InChI=1S/C18H28N2O2/c1-5-10-17(21)20(13-16-11-8-7-9-12-16)15(4)18(22)19-14(3)6-2/h7-9,11-12,14-15H,5-6,10,13H2,1-4H3,(H,19,22)/t14-,15+/m0/s1. The minimum Gasteiger partial charge on any atom is -0.352 e. The van der Waals surface area contributed by atoms with E-state index in [-0.39, 0.29) is 17.9 Å². The van der Waals surface area contributed by atoms with Crippen molar-refractivity contribution in [1.29, 1.82) is 0 Å². The Kier molecular flexibility index (Phi) is 7.64. The van der Waals surface area contributed by atoms with E-state index >= 15 is 0 Å². The quantitative estimate of drug-likeness (QED) is 0.802. The lowest BCUT2D eigenvalue weighted by molar-refractivity contribution is -0.140. The molecule has 0 aliphatic rings. The van der Waals surface area contributed by atoms with Gasteiger partial charge in [0, 0.05) is 19.0 Å². The molecule has 1 rings (SSSR count). The van der Waals surface area contributed by atoms with E-state index in [9.17, 15) is 9.59 Å². The van der Waals surface area contributed by atoms with Gasteiger partial charge in [-0.2, -0.15) is 0 Å². The third kappa shape index (κ3) is 5.51. The van der Waals surface area contributed by atoms with Gasteiger partial charge in [-0.25, -0.2) is 0 Å². The van der Waals surface area contributed by atoms with Crippen LogP contribution in [-0.4, -0.2) is 28.8 Å². The maximum atomic E-state index is 12.4. The Morgan fingerprint density at radius 2 is 1.77 bits per heavy atom. The third-order valence-electron chi connectivity index (χ3n) is 3.83. The molecule has 0 radical (unpaired) electrons. The number of hydrogen-bond donors (Lipinski definition) is 1. The van der Waals surface area contributed by atoms with Crippen LogP contribution in [-0.2, 0) is 16.1 Å². The highest BCUT2D eigenvalue weighted by molar-refractivity contribution is 5.87. The summed E-state index contributed by atoms with van der Waals surface area (Å²) in [6, 6.07) is 9.45. The Bertz CT molecular complexity index is 473. The fraction of sp³-hybridized carbons (Fsp3) is 0.556. The predicted molar refractivity (Wildman–Crippen MR) is 89.3 cm³/mol. The Morgan fingerprint density at radius 3 is 2.32 bits per heavy atom. The summed E-state index contributed by atoms with van der Waals surface area (Å²) in [6.07, 6.45) is 2.12. The molecule has 122 valence electrons. The molecule has 0 bridgehead atoms. The van der Waals surface area contributed by atoms with Crippen molar-refractivity contribution in [3.05, 3.63) is 35.9 Å². The highest BCUT2D eigenvalue weighted by Gasteiger charge is 2.25. The topological polar surface area (TPSA) is 49.4 Å². The number of amides is 2. The molecule has 1 aromatic rings. The van der Waals surface area contributed by atoms with Crippen LogP contribution in [0.4, 0.5) is 0 Å². The van der Waals surface area contributed by atoms with Gasteiger partial charge in [-0.15, -0.1) is 0 Å². The maximum absolute atomic E-state index is 12.4. The fourth-order valence-corrected chi connectivity index (χ4v) is 2.19. The zero-order valence-electron chi connectivity index (χ0n) is 14.1. The van der Waals surface area contributed by atoms with Crippen LogP contribution in [0.3, 0.4) is 0 Å². The van der Waals surface area contributed by atoms with Gasteiger partial charge in [-0.05, 0) is 32.3 Å². The van der Waals surface area contributed by atoms with Gasteiger partial charge >= 0.3 is 0 Å². The van der Waals surface area contributed by atoms with Crippen molar-refractivity contribution in [2.75, 3.05) is 0 Å². The molecular weight excluding hydrogens is 276 g/mol. The van der Waals surface area contributed by atoms with Gasteiger partial charge in [0.25, 0.3) is 0 Å². The number of nitrogens with one attached hydrogen (secondary N) is 1. The molecule has 0 aromatic heterocycles. The van der Waals surface area contributed by atoms with Crippen LogP contribution in [0.1, 0.15) is 52.5 Å². The smallest absolute Gasteiger partial charge is 0.242 e. The van der Waals surface area contributed by atoms with Gasteiger partial charge in [0.15, 0.2) is 0 Å². The summed E-state index contributed by atoms with van der Waals surface area (Å²) in [6.45, 7) is 8.24. The summed E-state index contributed by atoms with van der Waals surface area (Å²) in [5.41, 5.74) is 1.04. The zero-order valence-corrected chi connectivity index (χ0v) is 14.1. The number of nitrogens with zero attached hydrogens (tertiary/aromatic N) is 1. The number of carbonyl (C=O) groups is 2. The molecule has 4 heteroatoms. The van der Waals surface area contributed by atoms with E-state index < -0.39 is 6.04 Å². The molecule has 0 saturated carbocycles. The van der Waals surface area contributed by atoms with Gasteiger partial charge in [-0.3, -0.25) is 9.59 Å². The van der Waals surface area contributed by atoms with Gasteiger partial charge in [0.05, 0.1) is 0 Å². The average Bonchev–Trinajstić information content (AvgIpc) is 2.52. The largest absolute Gasteiger partial charge is 0.352 e. The number of hydrogen-bond acceptors (Lipinski definition) is 2. The van der Waals surface area contributed by atoms with E-state index in [2.05, 4.69) is 5.32 Å². The molecule has 0 saturated heterocycles. The van der Waals surface area contributed by atoms with E-state index in [1.54, 1.807) is 11.8 Å². The molecule has 22 heavy (non-hydrogen) atoms. The van der Waals surface area contributed by atoms with Gasteiger partial charge in [0.1, 0.15) is 6.04 Å². The molecule has 0 fully saturated rings. The summed E-state index contributed by atoms with van der Waals surface area (Å²) in [5.74, 6) is -0.0621. The van der Waals surface area contributed by atoms with Crippen molar-refractivity contribution in [2.45, 2.75) is 65.6 Å². The maximum Gasteiger partial charge on any atom is 0.242 e. The molecule has 0 heterocycles. The minimum absolute atomic E-state index is 0.0261. The molecule has 0 spiro atoms. The first kappa shape index (κ1) is 18.2. The summed E-state index contributed by atoms with van der Waals surface area (Å²) < 4.78 is 0. The zero-order chi connectivity index (χ0) is 16.5. The van der Waals surface area contributed by atoms with Crippen LogP contribution < -0.4 is 5.32 Å². The highest BCUT2D eigenvalue weighted by Crippen LogP contribution is 2.12. The van der Waals surface area contributed by atoms with Gasteiger partial charge in [0.2, 0.25) is 11.8 Å². The van der Waals surface area contributed by atoms with Crippen molar-refractivity contribution < 1.29 is 9.59 Å². The molecular formula is C18H28N2O2. The molecule has 0 unspecified atom stereocenters. The average molecular weight is 304 g/mol. The van der Waals surface area contributed by atoms with Crippen LogP contribution in [0.5, 0.6) is 0 Å². The molecule has 4 nitrogen and oxygen atoms in total. The van der Waals surface area contributed by atoms with Crippen LogP contribution in [0.15, 0.2) is 30.3 Å².